The van der Waals surface area contributed by atoms with E-state index in [-0.39, 0.29) is 0 Å². The minimum absolute atomic E-state index is 0.599. The summed E-state index contributed by atoms with van der Waals surface area (Å²) in [4.78, 5) is 0. The van der Waals surface area contributed by atoms with Crippen LogP contribution in [-0.4, -0.2) is 12.6 Å². The van der Waals surface area contributed by atoms with Crippen molar-refractivity contribution in [3.8, 4) is 5.75 Å². The molecule has 1 aromatic rings. The highest BCUT2D eigenvalue weighted by Gasteiger charge is 2.21. The predicted molar refractivity (Wildman–Crippen MR) is 91.3 cm³/mol. The van der Waals surface area contributed by atoms with Gasteiger partial charge in [-0.25, -0.2) is 0 Å². The van der Waals surface area contributed by atoms with Crippen LogP contribution < -0.4 is 10.1 Å². The minimum atomic E-state index is 0.599. The Bertz CT molecular complexity index is 421. The zero-order chi connectivity index (χ0) is 14.5. The van der Waals surface area contributed by atoms with Gasteiger partial charge < -0.3 is 10.1 Å². The molecule has 0 saturated heterocycles. The predicted octanol–water partition coefficient (Wildman–Crippen LogP) is 5.28. The lowest BCUT2D eigenvalue weighted by atomic mass is 9.99. The number of ether oxygens (including phenoxy) is 1. The summed E-state index contributed by atoms with van der Waals surface area (Å²) >= 11 is 7.18. The first-order chi connectivity index (χ1) is 9.61. The first-order valence-corrected chi connectivity index (χ1v) is 9.04. The van der Waals surface area contributed by atoms with Crippen LogP contribution in [0.4, 0.5) is 0 Å². The van der Waals surface area contributed by atoms with Gasteiger partial charge in [-0.2, -0.15) is 0 Å². The molecule has 112 valence electrons. The third-order valence-corrected chi connectivity index (χ3v) is 5.26. The normalized spacial score (nSPS) is 17.4. The topological polar surface area (TPSA) is 21.3 Å². The Hall–Kier alpha value is -0.0600. The van der Waals surface area contributed by atoms with E-state index in [1.54, 1.807) is 0 Å². The van der Waals surface area contributed by atoms with E-state index in [4.69, 9.17) is 4.74 Å². The molecule has 0 amide bonds. The Kier molecular flexibility index (Phi) is 6.37. The summed E-state index contributed by atoms with van der Waals surface area (Å²) < 4.78 is 7.64. The molecule has 1 aliphatic carbocycles. The van der Waals surface area contributed by atoms with Crippen LogP contribution in [0.1, 0.15) is 45.1 Å². The van der Waals surface area contributed by atoms with E-state index in [0.717, 1.165) is 27.2 Å². The van der Waals surface area contributed by atoms with Crippen LogP contribution in [0, 0.1) is 5.92 Å². The van der Waals surface area contributed by atoms with Crippen molar-refractivity contribution in [3.63, 3.8) is 0 Å². The third kappa shape index (κ3) is 4.22. The van der Waals surface area contributed by atoms with E-state index in [1.807, 2.05) is 6.92 Å². The Morgan fingerprint density at radius 1 is 1.25 bits per heavy atom. The van der Waals surface area contributed by atoms with Gasteiger partial charge in [-0.05, 0) is 82.2 Å². The largest absolute Gasteiger partial charge is 0.492 e. The van der Waals surface area contributed by atoms with Crippen LogP contribution in [0.2, 0.25) is 0 Å². The van der Waals surface area contributed by atoms with Crippen LogP contribution in [0.3, 0.4) is 0 Å². The lowest BCUT2D eigenvalue weighted by Crippen LogP contribution is -2.31. The van der Waals surface area contributed by atoms with E-state index >= 15 is 0 Å². The molecule has 1 saturated carbocycles. The molecule has 0 spiro atoms. The highest BCUT2D eigenvalue weighted by Crippen LogP contribution is 2.35. The van der Waals surface area contributed by atoms with Crippen LogP contribution >= 0.6 is 31.9 Å². The van der Waals surface area contributed by atoms with Crippen molar-refractivity contribution in [2.45, 2.75) is 52.1 Å². The van der Waals surface area contributed by atoms with Crippen LogP contribution in [0.5, 0.6) is 5.75 Å². The zero-order valence-corrected chi connectivity index (χ0v) is 15.4. The second-order valence-electron chi connectivity index (χ2n) is 5.54. The molecule has 2 nitrogen and oxygen atoms in total. The molecule has 1 aliphatic rings. The van der Waals surface area contributed by atoms with Gasteiger partial charge in [-0.15, -0.1) is 0 Å². The smallest absolute Gasteiger partial charge is 0.147 e. The van der Waals surface area contributed by atoms with Gasteiger partial charge in [0.2, 0.25) is 0 Å². The quantitative estimate of drug-likeness (QED) is 0.696. The number of hydrogen-bond donors (Lipinski definition) is 1. The van der Waals surface area contributed by atoms with Gasteiger partial charge in [-0.3, -0.25) is 0 Å². The highest BCUT2D eigenvalue weighted by molar-refractivity contribution is 9.11. The fourth-order valence-electron chi connectivity index (χ4n) is 2.90. The molecule has 0 radical (unpaired) electrons. The Morgan fingerprint density at radius 2 is 1.85 bits per heavy atom. The molecule has 4 heteroatoms. The lowest BCUT2D eigenvalue weighted by Gasteiger charge is -2.21. The van der Waals surface area contributed by atoms with Crippen LogP contribution in [0.25, 0.3) is 0 Å². The van der Waals surface area contributed by atoms with Gasteiger partial charge in [0.05, 0.1) is 15.6 Å². The Morgan fingerprint density at radius 3 is 2.40 bits per heavy atom. The molecule has 2 rings (SSSR count). The Labute approximate surface area is 138 Å². The van der Waals surface area contributed by atoms with Crippen molar-refractivity contribution in [3.05, 3.63) is 26.6 Å². The molecule has 0 bridgehead atoms. The van der Waals surface area contributed by atoms with Gasteiger partial charge in [0.25, 0.3) is 0 Å². The van der Waals surface area contributed by atoms with Gasteiger partial charge in [-0.1, -0.05) is 12.8 Å². The van der Waals surface area contributed by atoms with Crippen LogP contribution in [0.15, 0.2) is 21.1 Å². The van der Waals surface area contributed by atoms with Crippen molar-refractivity contribution >= 4 is 31.9 Å². The second-order valence-corrected chi connectivity index (χ2v) is 7.24. The average molecular weight is 405 g/mol. The fourth-order valence-corrected chi connectivity index (χ4v) is 4.41. The summed E-state index contributed by atoms with van der Waals surface area (Å²) in [7, 11) is 0. The van der Waals surface area contributed by atoms with Crippen molar-refractivity contribution < 1.29 is 4.74 Å². The van der Waals surface area contributed by atoms with E-state index in [2.05, 4.69) is 56.2 Å². The summed E-state index contributed by atoms with van der Waals surface area (Å²) in [6, 6.07) is 4.88. The molecule has 0 heterocycles. The first kappa shape index (κ1) is 16.3. The standard InChI is InChI=1S/C16H23Br2NO/c1-3-20-16-14(17)8-12(9-15(16)18)10-19-11(2)13-6-4-5-7-13/h8-9,11,13,19H,3-7,10H2,1-2H3/t11-/m1/s1. The molecule has 1 N–H and O–H groups in total. The number of benzene rings is 1. The summed E-state index contributed by atoms with van der Waals surface area (Å²) in [6.45, 7) is 5.89. The Balaban J connectivity index is 1.95. The van der Waals surface area contributed by atoms with Gasteiger partial charge >= 0.3 is 0 Å². The minimum Gasteiger partial charge on any atom is -0.492 e. The van der Waals surface area contributed by atoms with E-state index in [9.17, 15) is 0 Å². The fraction of sp³-hybridized carbons (Fsp3) is 0.625. The number of nitrogens with one attached hydrogen (secondary N) is 1. The first-order valence-electron chi connectivity index (χ1n) is 7.46. The monoisotopic (exact) mass is 403 g/mol. The summed E-state index contributed by atoms with van der Waals surface area (Å²) in [5.74, 6) is 1.74. The molecular weight excluding hydrogens is 382 g/mol. The van der Waals surface area contributed by atoms with E-state index in [0.29, 0.717) is 12.6 Å². The molecule has 1 atom stereocenters. The van der Waals surface area contributed by atoms with Crippen molar-refractivity contribution in [2.75, 3.05) is 6.61 Å². The SMILES string of the molecule is CCOc1c(Br)cc(CN[C@H](C)C2CCCC2)cc1Br. The molecule has 1 fully saturated rings. The van der Waals surface area contributed by atoms with Crippen molar-refractivity contribution in [2.24, 2.45) is 5.92 Å². The van der Waals surface area contributed by atoms with Crippen molar-refractivity contribution in [1.82, 2.24) is 5.32 Å². The summed E-state index contributed by atoms with van der Waals surface area (Å²) in [5, 5.41) is 3.66. The molecule has 20 heavy (non-hydrogen) atoms. The van der Waals surface area contributed by atoms with Gasteiger partial charge in [0, 0.05) is 12.6 Å². The highest BCUT2D eigenvalue weighted by atomic mass is 79.9. The third-order valence-electron chi connectivity index (χ3n) is 4.08. The molecule has 0 unspecified atom stereocenters. The van der Waals surface area contributed by atoms with Crippen molar-refractivity contribution in [1.29, 1.82) is 0 Å². The van der Waals surface area contributed by atoms with E-state index < -0.39 is 0 Å². The molecule has 0 aliphatic heterocycles. The molecule has 0 aromatic heterocycles. The number of hydrogen-bond acceptors (Lipinski definition) is 2. The lowest BCUT2D eigenvalue weighted by molar-refractivity contribution is 0.335. The zero-order valence-electron chi connectivity index (χ0n) is 12.2. The maximum Gasteiger partial charge on any atom is 0.147 e. The molecule has 1 aromatic carbocycles. The van der Waals surface area contributed by atoms with Gasteiger partial charge in [0.1, 0.15) is 5.75 Å². The van der Waals surface area contributed by atoms with E-state index in [1.165, 1.54) is 31.2 Å². The summed E-state index contributed by atoms with van der Waals surface area (Å²) in [5.41, 5.74) is 1.28. The maximum absolute atomic E-state index is 5.62. The van der Waals surface area contributed by atoms with Crippen LogP contribution in [-0.2, 0) is 6.54 Å². The molecular formula is C16H23Br2NO. The average Bonchev–Trinajstić information content (AvgIpc) is 2.94. The number of rotatable bonds is 6. The van der Waals surface area contributed by atoms with Gasteiger partial charge in [0.15, 0.2) is 0 Å². The summed E-state index contributed by atoms with van der Waals surface area (Å²) in [6.07, 6.45) is 5.56. The number of halogens is 2. The second kappa shape index (κ2) is 7.81. The maximum atomic E-state index is 5.62.